The molecule has 1 saturated carbocycles. The highest BCUT2D eigenvalue weighted by molar-refractivity contribution is 6.01. The average Bonchev–Trinajstić information content (AvgIpc) is 3.49. The first-order chi connectivity index (χ1) is 17.6. The van der Waals surface area contributed by atoms with Crippen LogP contribution in [0.5, 0.6) is 0 Å². The molecule has 4 aromatic heterocycles. The van der Waals surface area contributed by atoms with Crippen LogP contribution in [0.15, 0.2) is 36.8 Å². The Morgan fingerprint density at radius 2 is 2.17 bits per heavy atom. The molecule has 5 heterocycles. The Bertz CT molecular complexity index is 1430. The number of carbonyl (C=O) groups excluding carboxylic acids is 1. The number of anilines is 1. The van der Waals surface area contributed by atoms with E-state index < -0.39 is 6.17 Å². The maximum atomic E-state index is 14.8. The van der Waals surface area contributed by atoms with E-state index in [2.05, 4.69) is 20.7 Å². The van der Waals surface area contributed by atoms with Crippen molar-refractivity contribution in [2.45, 2.75) is 43.6 Å². The number of ether oxygens (including phenoxy) is 2. The molecule has 10 nitrogen and oxygen atoms in total. The summed E-state index contributed by atoms with van der Waals surface area (Å²) in [7, 11) is 3.44. The summed E-state index contributed by atoms with van der Waals surface area (Å²) in [6.07, 6.45) is 6.40. The number of alkyl halides is 1. The van der Waals surface area contributed by atoms with E-state index in [4.69, 9.17) is 14.5 Å². The molecule has 1 amide bonds. The number of hydrogen-bond acceptors (Lipinski definition) is 7. The molecule has 2 fully saturated rings. The highest BCUT2D eigenvalue weighted by atomic mass is 19.1. The maximum absolute atomic E-state index is 14.8. The van der Waals surface area contributed by atoms with E-state index in [9.17, 15) is 9.18 Å². The Hall–Kier alpha value is -3.57. The summed E-state index contributed by atoms with van der Waals surface area (Å²) in [5, 5.41) is 11.5. The van der Waals surface area contributed by atoms with Crippen LogP contribution in [0.25, 0.3) is 27.9 Å². The highest BCUT2D eigenvalue weighted by Crippen LogP contribution is 2.35. The summed E-state index contributed by atoms with van der Waals surface area (Å²) in [5.74, 6) is 0.432. The van der Waals surface area contributed by atoms with E-state index in [0.29, 0.717) is 41.4 Å². The standard InChI is InChI=1S/C25H28FN7O3/c1-27-22-10-19(30-24-15(11-29-33(22)24)25(34)31-18-5-6-21(18)35-2)16-12-32(20-7-9-36-13-17(20)26)23-14(16)4-3-8-28-23/h3-4,8,10-12,17-18,20-21,27H,5-7,9,13H2,1-2H3,(H,31,34)/t17-,18-,20-,21-/m1/s1. The van der Waals surface area contributed by atoms with Gasteiger partial charge in [0.15, 0.2) is 5.65 Å². The van der Waals surface area contributed by atoms with Gasteiger partial charge in [0.25, 0.3) is 5.91 Å². The second-order valence-corrected chi connectivity index (χ2v) is 9.27. The SMILES string of the molecule is CNc1cc(-c2cn([C@@H]3CCOC[C@H]3F)c3ncccc23)nc2c(C(=O)N[C@@H]3CC[C@H]3OC)cnn12. The van der Waals surface area contributed by atoms with Crippen molar-refractivity contribution in [1.29, 1.82) is 0 Å². The zero-order chi connectivity index (χ0) is 24.8. The van der Waals surface area contributed by atoms with Gasteiger partial charge in [0.1, 0.15) is 23.2 Å². The summed E-state index contributed by atoms with van der Waals surface area (Å²) in [6.45, 7) is 0.570. The summed E-state index contributed by atoms with van der Waals surface area (Å²) in [6, 6.07) is 5.29. The highest BCUT2D eigenvalue weighted by Gasteiger charge is 2.33. The fraction of sp³-hybridized carbons (Fsp3) is 0.440. The molecule has 0 spiro atoms. The van der Waals surface area contributed by atoms with Gasteiger partial charge in [-0.2, -0.15) is 9.61 Å². The number of fused-ring (bicyclic) bond motifs is 2. The number of aromatic nitrogens is 5. The van der Waals surface area contributed by atoms with Crippen molar-refractivity contribution >= 4 is 28.4 Å². The molecular weight excluding hydrogens is 465 g/mol. The second-order valence-electron chi connectivity index (χ2n) is 9.27. The summed E-state index contributed by atoms with van der Waals surface area (Å²) in [5.41, 5.74) is 2.95. The predicted octanol–water partition coefficient (Wildman–Crippen LogP) is 2.99. The van der Waals surface area contributed by atoms with E-state index in [1.54, 1.807) is 24.9 Å². The van der Waals surface area contributed by atoms with Crippen LogP contribution in [0.3, 0.4) is 0 Å². The molecular formula is C25H28FN7O3. The van der Waals surface area contributed by atoms with Gasteiger partial charge in [-0.15, -0.1) is 0 Å². The molecule has 2 N–H and O–H groups in total. The predicted molar refractivity (Wildman–Crippen MR) is 132 cm³/mol. The van der Waals surface area contributed by atoms with Gasteiger partial charge in [0, 0.05) is 50.2 Å². The van der Waals surface area contributed by atoms with Gasteiger partial charge in [-0.25, -0.2) is 14.4 Å². The Balaban J connectivity index is 1.45. The van der Waals surface area contributed by atoms with Crippen LogP contribution < -0.4 is 10.6 Å². The number of rotatable bonds is 6. The molecule has 2 aliphatic rings. The van der Waals surface area contributed by atoms with Crippen LogP contribution in [0.2, 0.25) is 0 Å². The topological polar surface area (TPSA) is 108 Å². The zero-order valence-corrected chi connectivity index (χ0v) is 20.1. The molecule has 6 rings (SSSR count). The monoisotopic (exact) mass is 493 g/mol. The maximum Gasteiger partial charge on any atom is 0.257 e. The number of hydrogen-bond donors (Lipinski definition) is 2. The summed E-state index contributed by atoms with van der Waals surface area (Å²) in [4.78, 5) is 22.6. The van der Waals surface area contributed by atoms with Gasteiger partial charge in [-0.1, -0.05) is 0 Å². The van der Waals surface area contributed by atoms with Crippen LogP contribution in [0.4, 0.5) is 10.2 Å². The number of amides is 1. The number of methoxy groups -OCH3 is 1. The molecule has 1 aliphatic carbocycles. The van der Waals surface area contributed by atoms with Crippen molar-refractivity contribution in [3.05, 3.63) is 42.4 Å². The molecule has 0 aromatic carbocycles. The number of nitrogens with one attached hydrogen (secondary N) is 2. The minimum Gasteiger partial charge on any atom is -0.379 e. The quantitative estimate of drug-likeness (QED) is 0.425. The fourth-order valence-corrected chi connectivity index (χ4v) is 5.15. The van der Waals surface area contributed by atoms with Gasteiger partial charge in [0.2, 0.25) is 0 Å². The minimum atomic E-state index is -1.12. The Kier molecular flexibility index (Phi) is 5.81. The largest absolute Gasteiger partial charge is 0.379 e. The van der Waals surface area contributed by atoms with E-state index in [-0.39, 0.29) is 30.7 Å². The lowest BCUT2D eigenvalue weighted by atomic mass is 9.89. The average molecular weight is 494 g/mol. The van der Waals surface area contributed by atoms with Gasteiger partial charge in [-0.05, 0) is 31.4 Å². The molecule has 1 aliphatic heterocycles. The van der Waals surface area contributed by atoms with Crippen molar-refractivity contribution in [1.82, 2.24) is 29.5 Å². The van der Waals surface area contributed by atoms with Crippen LogP contribution in [0, 0.1) is 0 Å². The van der Waals surface area contributed by atoms with Crippen molar-refractivity contribution in [2.75, 3.05) is 32.7 Å². The number of pyridine rings is 1. The van der Waals surface area contributed by atoms with E-state index >= 15 is 0 Å². The van der Waals surface area contributed by atoms with Crippen molar-refractivity contribution < 1.29 is 18.7 Å². The lowest BCUT2D eigenvalue weighted by molar-refractivity contribution is 0.00443. The van der Waals surface area contributed by atoms with Gasteiger partial charge in [-0.3, -0.25) is 4.79 Å². The van der Waals surface area contributed by atoms with E-state index in [0.717, 1.165) is 23.8 Å². The first-order valence-corrected chi connectivity index (χ1v) is 12.2. The molecule has 11 heteroatoms. The van der Waals surface area contributed by atoms with Crippen LogP contribution >= 0.6 is 0 Å². The van der Waals surface area contributed by atoms with Crippen LogP contribution in [0.1, 0.15) is 35.7 Å². The smallest absolute Gasteiger partial charge is 0.257 e. The van der Waals surface area contributed by atoms with E-state index in [1.165, 1.54) is 6.20 Å². The van der Waals surface area contributed by atoms with Crippen LogP contribution in [-0.2, 0) is 9.47 Å². The molecule has 0 unspecified atom stereocenters. The summed E-state index contributed by atoms with van der Waals surface area (Å²) < 4.78 is 29.1. The van der Waals surface area contributed by atoms with Gasteiger partial charge >= 0.3 is 0 Å². The van der Waals surface area contributed by atoms with Crippen molar-refractivity contribution in [3.63, 3.8) is 0 Å². The third-order valence-corrected chi connectivity index (χ3v) is 7.28. The number of nitrogens with zero attached hydrogens (tertiary/aromatic N) is 5. The number of carbonyl (C=O) groups is 1. The molecule has 188 valence electrons. The molecule has 4 atom stereocenters. The molecule has 0 radical (unpaired) electrons. The third kappa shape index (κ3) is 3.70. The molecule has 4 aromatic rings. The van der Waals surface area contributed by atoms with Crippen LogP contribution in [-0.4, -0.2) is 75.7 Å². The first-order valence-electron chi connectivity index (χ1n) is 12.2. The molecule has 1 saturated heterocycles. The Morgan fingerprint density at radius 1 is 1.28 bits per heavy atom. The minimum absolute atomic E-state index is 0.0234. The molecule has 0 bridgehead atoms. The molecule has 36 heavy (non-hydrogen) atoms. The van der Waals surface area contributed by atoms with Gasteiger partial charge < -0.3 is 24.7 Å². The lowest BCUT2D eigenvalue weighted by Crippen LogP contribution is -2.51. The van der Waals surface area contributed by atoms with E-state index in [1.807, 2.05) is 29.0 Å². The first kappa shape index (κ1) is 22.9. The Labute approximate surface area is 206 Å². The van der Waals surface area contributed by atoms with Crippen molar-refractivity contribution in [2.24, 2.45) is 0 Å². The second kappa shape index (κ2) is 9.14. The Morgan fingerprint density at radius 3 is 2.92 bits per heavy atom. The van der Waals surface area contributed by atoms with Gasteiger partial charge in [0.05, 0.1) is 36.7 Å². The number of halogens is 1. The third-order valence-electron chi connectivity index (χ3n) is 7.28. The summed E-state index contributed by atoms with van der Waals surface area (Å²) >= 11 is 0. The fourth-order valence-electron chi connectivity index (χ4n) is 5.15. The normalized spacial score (nSPS) is 24.1. The van der Waals surface area contributed by atoms with Crippen molar-refractivity contribution in [3.8, 4) is 11.3 Å². The lowest BCUT2D eigenvalue weighted by Gasteiger charge is -2.35. The zero-order valence-electron chi connectivity index (χ0n) is 20.1.